The van der Waals surface area contributed by atoms with E-state index in [2.05, 4.69) is 0 Å². The van der Waals surface area contributed by atoms with Gasteiger partial charge in [0.2, 0.25) is 16.8 Å². The average Bonchev–Trinajstić information content (AvgIpc) is 2.87. The highest BCUT2D eigenvalue weighted by Gasteiger charge is 2.53. The predicted molar refractivity (Wildman–Crippen MR) is 125 cm³/mol. The molecule has 2 aliphatic rings. The minimum Gasteiger partial charge on any atom is -0.448 e. The maximum Gasteiger partial charge on any atom is 0.356 e. The Bertz CT molecular complexity index is 1320. The van der Waals surface area contributed by atoms with Crippen LogP contribution in [0, 0.1) is 0 Å². The van der Waals surface area contributed by atoms with Gasteiger partial charge in [0.05, 0.1) is 11.3 Å². The lowest BCUT2D eigenvalue weighted by Crippen LogP contribution is -2.68. The number of carbonyl (C=O) groups is 2. The molecule has 2 heterocycles. The lowest BCUT2D eigenvalue weighted by Gasteiger charge is -2.48. The summed E-state index contributed by atoms with van der Waals surface area (Å²) in [4.78, 5) is 51.4. The summed E-state index contributed by atoms with van der Waals surface area (Å²) in [5, 5.41) is -0.455. The summed E-state index contributed by atoms with van der Waals surface area (Å²) in [6.45, 7) is 0. The number of esters is 1. The number of hydrogen-bond donors (Lipinski definition) is 2. The van der Waals surface area contributed by atoms with Crippen LogP contribution in [0.2, 0.25) is 0 Å². The van der Waals surface area contributed by atoms with E-state index in [1.807, 2.05) is 60.7 Å². The molecule has 2 atom stereocenters. The molecular weight excluding hydrogens is 442 g/mol. The fourth-order valence-corrected chi connectivity index (χ4v) is 5.45. The van der Waals surface area contributed by atoms with Gasteiger partial charge in [-0.3, -0.25) is 19.3 Å². The van der Waals surface area contributed by atoms with Gasteiger partial charge in [0, 0.05) is 11.3 Å². The van der Waals surface area contributed by atoms with Gasteiger partial charge >= 0.3 is 5.97 Å². The van der Waals surface area contributed by atoms with Gasteiger partial charge in [-0.15, -0.1) is 11.8 Å². The predicted octanol–water partition coefficient (Wildman–Crippen LogP) is 1.15. The number of nitrogens with zero attached hydrogens (tertiary/aromatic N) is 1. The number of β-lactam (4-membered cyclic amide) rings is 1. The van der Waals surface area contributed by atoms with E-state index in [0.717, 1.165) is 11.1 Å². The molecule has 8 nitrogen and oxygen atoms in total. The van der Waals surface area contributed by atoms with Crippen molar-refractivity contribution < 1.29 is 14.3 Å². The highest BCUT2D eigenvalue weighted by atomic mass is 32.2. The largest absolute Gasteiger partial charge is 0.448 e. The number of carbonyl (C=O) groups excluding carboxylic acids is 2. The van der Waals surface area contributed by atoms with Gasteiger partial charge in [-0.05, 0) is 11.1 Å². The maximum atomic E-state index is 13.6. The van der Waals surface area contributed by atoms with Gasteiger partial charge in [0.1, 0.15) is 17.1 Å². The number of rotatable bonds is 5. The molecule has 0 aliphatic carbocycles. The molecule has 0 bridgehead atoms. The number of fused-ring (bicyclic) bond motifs is 1. The van der Waals surface area contributed by atoms with E-state index in [-0.39, 0.29) is 28.3 Å². The van der Waals surface area contributed by atoms with Gasteiger partial charge < -0.3 is 16.2 Å². The van der Waals surface area contributed by atoms with Gasteiger partial charge in [0.15, 0.2) is 6.10 Å². The molecule has 33 heavy (non-hydrogen) atoms. The quantitative estimate of drug-likeness (QED) is 0.328. The minimum atomic E-state index is -0.796. The van der Waals surface area contributed by atoms with Crippen molar-refractivity contribution in [1.82, 2.24) is 4.90 Å². The second-order valence-electron chi connectivity index (χ2n) is 7.82. The SMILES string of the molecule is Nc1c(C2=C(C(=O)OC(c3ccccc3)c3ccccc3)N3C(=O)C(N)[C@@H]3SC2)c(=O)c1=O. The van der Waals surface area contributed by atoms with Crippen LogP contribution in [0.4, 0.5) is 5.69 Å². The van der Waals surface area contributed by atoms with Crippen molar-refractivity contribution in [3.63, 3.8) is 0 Å². The molecule has 1 fully saturated rings. The molecule has 0 saturated carbocycles. The van der Waals surface area contributed by atoms with Crippen LogP contribution in [-0.2, 0) is 14.3 Å². The minimum absolute atomic E-state index is 0.0258. The highest BCUT2D eigenvalue weighted by molar-refractivity contribution is 8.00. The first-order valence-corrected chi connectivity index (χ1v) is 11.3. The molecule has 9 heteroatoms. The number of nitrogen functional groups attached to an aromatic ring is 1. The van der Waals surface area contributed by atoms with Gasteiger partial charge in [0.25, 0.3) is 0 Å². The van der Waals surface area contributed by atoms with Crippen LogP contribution in [0.25, 0.3) is 5.57 Å². The topological polar surface area (TPSA) is 133 Å². The first-order chi connectivity index (χ1) is 15.9. The first-order valence-electron chi connectivity index (χ1n) is 10.2. The van der Waals surface area contributed by atoms with E-state index in [4.69, 9.17) is 16.2 Å². The van der Waals surface area contributed by atoms with Crippen LogP contribution in [0.15, 0.2) is 75.9 Å². The van der Waals surface area contributed by atoms with Crippen LogP contribution in [0.1, 0.15) is 22.8 Å². The Kier molecular flexibility index (Phi) is 5.15. The Labute approximate surface area is 192 Å². The maximum absolute atomic E-state index is 13.6. The van der Waals surface area contributed by atoms with E-state index in [0.29, 0.717) is 0 Å². The fraction of sp³-hybridized carbons (Fsp3) is 0.167. The highest BCUT2D eigenvalue weighted by Crippen LogP contribution is 2.44. The lowest BCUT2D eigenvalue weighted by molar-refractivity contribution is -0.152. The number of amides is 1. The van der Waals surface area contributed by atoms with Crippen molar-refractivity contribution >= 4 is 34.9 Å². The van der Waals surface area contributed by atoms with Crippen LogP contribution < -0.4 is 22.3 Å². The summed E-state index contributed by atoms with van der Waals surface area (Å²) in [5.41, 5.74) is 11.5. The number of thioether (sulfide) groups is 1. The Morgan fingerprint density at radius 2 is 1.55 bits per heavy atom. The molecule has 4 N–H and O–H groups in total. The summed E-state index contributed by atoms with van der Waals surface area (Å²) in [6.07, 6.45) is -0.753. The summed E-state index contributed by atoms with van der Waals surface area (Å²) < 4.78 is 5.94. The van der Waals surface area contributed by atoms with Crippen LogP contribution >= 0.6 is 11.8 Å². The smallest absolute Gasteiger partial charge is 0.356 e. The van der Waals surface area contributed by atoms with Crippen molar-refractivity contribution in [2.75, 3.05) is 11.5 Å². The number of anilines is 1. The summed E-state index contributed by atoms with van der Waals surface area (Å²) >= 11 is 1.31. The molecule has 0 spiro atoms. The third-order valence-electron chi connectivity index (χ3n) is 5.88. The zero-order chi connectivity index (χ0) is 23.3. The zero-order valence-corrected chi connectivity index (χ0v) is 18.1. The number of benzene rings is 2. The normalized spacial score (nSPS) is 20.1. The number of hydrogen-bond acceptors (Lipinski definition) is 8. The van der Waals surface area contributed by atoms with Gasteiger partial charge in [-0.2, -0.15) is 0 Å². The van der Waals surface area contributed by atoms with Crippen molar-refractivity contribution in [2.24, 2.45) is 5.73 Å². The molecule has 5 rings (SSSR count). The molecule has 3 aromatic rings. The molecule has 166 valence electrons. The first kappa shape index (κ1) is 21.2. The van der Waals surface area contributed by atoms with Crippen molar-refractivity contribution in [3.8, 4) is 0 Å². The lowest BCUT2D eigenvalue weighted by atomic mass is 9.95. The zero-order valence-electron chi connectivity index (χ0n) is 17.3. The standard InChI is InChI=1S/C24H19N3O5S/c25-16-15(19(28)20(16)29)14-11-33-23-17(26)22(30)27(23)18(14)24(31)32-21(12-7-3-1-4-8-12)13-9-5-2-6-10-13/h1-10,17,21,23H,11,25-26H2/t17?,23-/m0/s1. The number of nitrogens with two attached hydrogens (primary N) is 2. The number of ether oxygens (including phenoxy) is 1. The van der Waals surface area contributed by atoms with Crippen molar-refractivity contribution in [3.05, 3.63) is 103 Å². The Balaban J connectivity index is 1.59. The van der Waals surface area contributed by atoms with Crippen molar-refractivity contribution in [2.45, 2.75) is 17.5 Å². The molecule has 3 aromatic carbocycles. The molecule has 2 aliphatic heterocycles. The van der Waals surface area contributed by atoms with Crippen molar-refractivity contribution in [1.29, 1.82) is 0 Å². The van der Waals surface area contributed by atoms with Gasteiger partial charge in [-0.25, -0.2) is 4.79 Å². The van der Waals surface area contributed by atoms with E-state index in [1.54, 1.807) is 0 Å². The van der Waals surface area contributed by atoms with E-state index >= 15 is 0 Å². The Morgan fingerprint density at radius 1 is 0.970 bits per heavy atom. The monoisotopic (exact) mass is 461 g/mol. The molecular formula is C24H19N3O5S. The Hall–Kier alpha value is -3.69. The molecule has 1 saturated heterocycles. The summed E-state index contributed by atoms with van der Waals surface area (Å²) in [7, 11) is 0. The molecule has 1 unspecified atom stereocenters. The molecule has 1 amide bonds. The average molecular weight is 461 g/mol. The molecule has 0 radical (unpaired) electrons. The third-order valence-corrected chi connectivity index (χ3v) is 7.18. The van der Waals surface area contributed by atoms with E-state index in [1.165, 1.54) is 16.7 Å². The fourth-order valence-electron chi connectivity index (χ4n) is 4.15. The van der Waals surface area contributed by atoms with Crippen LogP contribution in [0.3, 0.4) is 0 Å². The third kappa shape index (κ3) is 3.28. The summed E-state index contributed by atoms with van der Waals surface area (Å²) in [6, 6.07) is 17.6. The second-order valence-corrected chi connectivity index (χ2v) is 8.92. The molecule has 0 aromatic heterocycles. The van der Waals surface area contributed by atoms with E-state index < -0.39 is 40.3 Å². The van der Waals surface area contributed by atoms with Crippen LogP contribution in [-0.4, -0.2) is 33.9 Å². The van der Waals surface area contributed by atoms with Gasteiger partial charge in [-0.1, -0.05) is 60.7 Å². The Morgan fingerprint density at radius 3 is 2.09 bits per heavy atom. The second kappa shape index (κ2) is 8.02. The summed E-state index contributed by atoms with van der Waals surface area (Å²) in [5.74, 6) is -1.05. The van der Waals surface area contributed by atoms with E-state index in [9.17, 15) is 19.2 Å². The van der Waals surface area contributed by atoms with Crippen LogP contribution in [0.5, 0.6) is 0 Å².